The van der Waals surface area contributed by atoms with Crippen LogP contribution < -0.4 is 10.6 Å². The normalized spacial score (nSPS) is 9.93. The van der Waals surface area contributed by atoms with Crippen molar-refractivity contribution in [3.05, 3.63) is 34.8 Å². The van der Waals surface area contributed by atoms with E-state index >= 15 is 0 Å². The number of hydrogen-bond donors (Lipinski definition) is 2. The van der Waals surface area contributed by atoms with E-state index < -0.39 is 0 Å². The molecule has 5 heteroatoms. The van der Waals surface area contributed by atoms with E-state index in [1.165, 1.54) is 0 Å². The van der Waals surface area contributed by atoms with Crippen molar-refractivity contribution in [2.75, 3.05) is 17.7 Å². The molecule has 0 amide bonds. The lowest BCUT2D eigenvalue weighted by Crippen LogP contribution is -2.02. The van der Waals surface area contributed by atoms with Crippen molar-refractivity contribution in [3.8, 4) is 0 Å². The van der Waals surface area contributed by atoms with Gasteiger partial charge in [-0.25, -0.2) is 9.97 Å². The Labute approximate surface area is 92.4 Å². The number of rotatable bonds is 4. The highest BCUT2D eigenvalue weighted by Gasteiger charge is 1.97. The van der Waals surface area contributed by atoms with E-state index in [0.717, 1.165) is 17.3 Å². The number of anilines is 2. The van der Waals surface area contributed by atoms with E-state index in [0.29, 0.717) is 6.54 Å². The van der Waals surface area contributed by atoms with Crippen molar-refractivity contribution >= 4 is 23.0 Å². The maximum atomic E-state index is 4.34. The molecule has 0 saturated heterocycles. The van der Waals surface area contributed by atoms with E-state index in [2.05, 4.69) is 20.6 Å². The number of nitrogens with zero attached hydrogens (tertiary/aromatic N) is 2. The van der Waals surface area contributed by atoms with E-state index in [-0.39, 0.29) is 0 Å². The molecular formula is C10H12N4S. The average Bonchev–Trinajstić information content (AvgIpc) is 2.79. The summed E-state index contributed by atoms with van der Waals surface area (Å²) in [6.07, 6.45) is 0. The minimum absolute atomic E-state index is 0.712. The number of nitrogens with one attached hydrogen (secondary N) is 2. The van der Waals surface area contributed by atoms with Crippen molar-refractivity contribution in [2.24, 2.45) is 0 Å². The highest BCUT2D eigenvalue weighted by molar-refractivity contribution is 7.07. The van der Waals surface area contributed by atoms with Gasteiger partial charge in [0, 0.05) is 12.4 Å². The van der Waals surface area contributed by atoms with Crippen LogP contribution in [0.15, 0.2) is 29.1 Å². The van der Waals surface area contributed by atoms with Crippen LogP contribution in [0.25, 0.3) is 0 Å². The topological polar surface area (TPSA) is 49.8 Å². The highest BCUT2D eigenvalue weighted by Crippen LogP contribution is 2.10. The van der Waals surface area contributed by atoms with Crippen LogP contribution in [0, 0.1) is 0 Å². The van der Waals surface area contributed by atoms with Crippen LogP contribution in [-0.4, -0.2) is 17.0 Å². The Morgan fingerprint density at radius 1 is 1.33 bits per heavy atom. The van der Waals surface area contributed by atoms with Crippen molar-refractivity contribution in [1.29, 1.82) is 0 Å². The number of thiazole rings is 1. The lowest BCUT2D eigenvalue weighted by atomic mass is 10.4. The van der Waals surface area contributed by atoms with Gasteiger partial charge in [0.1, 0.15) is 11.6 Å². The molecule has 2 aromatic heterocycles. The molecule has 0 aliphatic rings. The Morgan fingerprint density at radius 2 is 2.20 bits per heavy atom. The summed E-state index contributed by atoms with van der Waals surface area (Å²) in [6, 6.07) is 5.82. The first-order valence-electron chi connectivity index (χ1n) is 4.64. The Bertz CT molecular complexity index is 413. The molecule has 2 rings (SSSR count). The van der Waals surface area contributed by atoms with Gasteiger partial charge in [-0.05, 0) is 12.1 Å². The smallest absolute Gasteiger partial charge is 0.128 e. The van der Waals surface area contributed by atoms with Gasteiger partial charge in [-0.2, -0.15) is 0 Å². The third kappa shape index (κ3) is 2.66. The molecule has 0 atom stereocenters. The first-order valence-corrected chi connectivity index (χ1v) is 5.58. The van der Waals surface area contributed by atoms with Crippen molar-refractivity contribution < 1.29 is 0 Å². The molecule has 78 valence electrons. The van der Waals surface area contributed by atoms with Gasteiger partial charge < -0.3 is 10.6 Å². The Kier molecular flexibility index (Phi) is 3.14. The first kappa shape index (κ1) is 9.92. The second-order valence-corrected chi connectivity index (χ2v) is 3.71. The quantitative estimate of drug-likeness (QED) is 0.829. The largest absolute Gasteiger partial charge is 0.373 e. The summed E-state index contributed by atoms with van der Waals surface area (Å²) in [5.74, 6) is 1.72. The summed E-state index contributed by atoms with van der Waals surface area (Å²) in [6.45, 7) is 0.712. The minimum atomic E-state index is 0.712. The predicted molar refractivity (Wildman–Crippen MR) is 63.2 cm³/mol. The van der Waals surface area contributed by atoms with Gasteiger partial charge in [-0.3, -0.25) is 0 Å². The first-order chi connectivity index (χ1) is 7.38. The predicted octanol–water partition coefficient (Wildman–Crippen LogP) is 2.19. The number of pyridine rings is 1. The molecule has 2 N–H and O–H groups in total. The zero-order valence-corrected chi connectivity index (χ0v) is 9.21. The number of aromatic nitrogens is 2. The van der Waals surface area contributed by atoms with Crippen LogP contribution in [0.3, 0.4) is 0 Å². The van der Waals surface area contributed by atoms with Crippen molar-refractivity contribution in [3.63, 3.8) is 0 Å². The molecular weight excluding hydrogens is 208 g/mol. The molecule has 0 fully saturated rings. The maximum absolute atomic E-state index is 4.34. The van der Waals surface area contributed by atoms with E-state index in [1.54, 1.807) is 11.3 Å². The monoisotopic (exact) mass is 220 g/mol. The molecule has 0 aliphatic heterocycles. The lowest BCUT2D eigenvalue weighted by molar-refractivity contribution is 1.05. The summed E-state index contributed by atoms with van der Waals surface area (Å²) < 4.78 is 0. The van der Waals surface area contributed by atoms with Crippen LogP contribution in [0.2, 0.25) is 0 Å². The van der Waals surface area contributed by atoms with Gasteiger partial charge in [0.2, 0.25) is 0 Å². The van der Waals surface area contributed by atoms with Gasteiger partial charge in [-0.1, -0.05) is 6.07 Å². The summed E-state index contributed by atoms with van der Waals surface area (Å²) in [5.41, 5.74) is 2.87. The summed E-state index contributed by atoms with van der Waals surface area (Å²) >= 11 is 1.60. The molecule has 2 aromatic rings. The summed E-state index contributed by atoms with van der Waals surface area (Å²) in [7, 11) is 1.85. The fourth-order valence-electron chi connectivity index (χ4n) is 1.18. The Hall–Kier alpha value is -1.62. The third-order valence-electron chi connectivity index (χ3n) is 1.94. The van der Waals surface area contributed by atoms with Crippen LogP contribution in [0.1, 0.15) is 5.69 Å². The van der Waals surface area contributed by atoms with E-state index in [9.17, 15) is 0 Å². The number of hydrogen-bond acceptors (Lipinski definition) is 5. The molecule has 0 aliphatic carbocycles. The van der Waals surface area contributed by atoms with Gasteiger partial charge >= 0.3 is 0 Å². The minimum Gasteiger partial charge on any atom is -0.373 e. The third-order valence-corrected chi connectivity index (χ3v) is 2.57. The van der Waals surface area contributed by atoms with Gasteiger partial charge in [0.25, 0.3) is 0 Å². The fraction of sp³-hybridized carbons (Fsp3) is 0.200. The molecule has 4 nitrogen and oxygen atoms in total. The molecule has 0 radical (unpaired) electrons. The van der Waals surface area contributed by atoms with Crippen LogP contribution in [-0.2, 0) is 6.54 Å². The summed E-state index contributed by atoms with van der Waals surface area (Å²) in [4.78, 5) is 8.53. The SMILES string of the molecule is CNc1cccc(NCc2cscn2)n1. The molecule has 0 saturated carbocycles. The molecule has 2 heterocycles. The molecule has 0 unspecified atom stereocenters. The standard InChI is InChI=1S/C10H12N4S/c1-11-9-3-2-4-10(14-9)12-5-8-6-15-7-13-8/h2-4,6-7H,5H2,1H3,(H2,11,12,14). The van der Waals surface area contributed by atoms with Crippen LogP contribution >= 0.6 is 11.3 Å². The zero-order valence-electron chi connectivity index (χ0n) is 8.40. The highest BCUT2D eigenvalue weighted by atomic mass is 32.1. The Morgan fingerprint density at radius 3 is 2.93 bits per heavy atom. The van der Waals surface area contributed by atoms with Gasteiger partial charge in [0.05, 0.1) is 17.7 Å². The molecule has 0 aromatic carbocycles. The molecule has 15 heavy (non-hydrogen) atoms. The van der Waals surface area contributed by atoms with Gasteiger partial charge in [-0.15, -0.1) is 11.3 Å². The van der Waals surface area contributed by atoms with Crippen LogP contribution in [0.5, 0.6) is 0 Å². The Balaban J connectivity index is 1.98. The van der Waals surface area contributed by atoms with Crippen molar-refractivity contribution in [1.82, 2.24) is 9.97 Å². The zero-order chi connectivity index (χ0) is 10.5. The maximum Gasteiger partial charge on any atom is 0.128 e. The van der Waals surface area contributed by atoms with Crippen molar-refractivity contribution in [2.45, 2.75) is 6.54 Å². The summed E-state index contributed by atoms with van der Waals surface area (Å²) in [5, 5.41) is 8.23. The van der Waals surface area contributed by atoms with Gasteiger partial charge in [0.15, 0.2) is 0 Å². The second kappa shape index (κ2) is 4.75. The average molecular weight is 220 g/mol. The van der Waals surface area contributed by atoms with Crippen LogP contribution in [0.4, 0.5) is 11.6 Å². The second-order valence-electron chi connectivity index (χ2n) is 2.99. The van der Waals surface area contributed by atoms with E-state index in [1.807, 2.05) is 36.1 Å². The molecule has 0 spiro atoms. The fourth-order valence-corrected chi connectivity index (χ4v) is 1.74. The molecule has 0 bridgehead atoms. The lowest BCUT2D eigenvalue weighted by Gasteiger charge is -2.05. The van der Waals surface area contributed by atoms with E-state index in [4.69, 9.17) is 0 Å².